The maximum Gasteiger partial charge on any atom is 0.267 e. The highest BCUT2D eigenvalue weighted by Crippen LogP contribution is 2.41. The lowest BCUT2D eigenvalue weighted by Crippen LogP contribution is -2.21. The molecule has 1 amide bonds. The van der Waals surface area contributed by atoms with Crippen LogP contribution in [0.25, 0.3) is 0 Å². The average molecular weight is 411 g/mol. The Labute approximate surface area is 174 Å². The van der Waals surface area contributed by atoms with Crippen LogP contribution in [0.15, 0.2) is 47.3 Å². The van der Waals surface area contributed by atoms with Gasteiger partial charge >= 0.3 is 0 Å². The van der Waals surface area contributed by atoms with E-state index in [1.54, 1.807) is 12.1 Å². The van der Waals surface area contributed by atoms with E-state index < -0.39 is 11.8 Å². The Morgan fingerprint density at radius 2 is 1.60 bits per heavy atom. The molecule has 0 unspecified atom stereocenters. The Morgan fingerprint density at radius 1 is 0.967 bits per heavy atom. The van der Waals surface area contributed by atoms with Gasteiger partial charge < -0.3 is 25.0 Å². The number of carbonyl (C=O) groups excluding carboxylic acids is 1. The number of nitrogens with one attached hydrogen (secondary N) is 2. The smallest absolute Gasteiger partial charge is 0.267 e. The van der Waals surface area contributed by atoms with Gasteiger partial charge in [0.15, 0.2) is 11.5 Å². The zero-order chi connectivity index (χ0) is 21.7. The van der Waals surface area contributed by atoms with Gasteiger partial charge in [0.25, 0.3) is 5.56 Å². The molecule has 158 valence electrons. The van der Waals surface area contributed by atoms with Crippen molar-refractivity contribution in [1.29, 1.82) is 0 Å². The summed E-state index contributed by atoms with van der Waals surface area (Å²) in [6, 6.07) is 13.1. The van der Waals surface area contributed by atoms with Crippen LogP contribution in [0.3, 0.4) is 0 Å². The van der Waals surface area contributed by atoms with Crippen molar-refractivity contribution in [3.8, 4) is 17.2 Å². The van der Waals surface area contributed by atoms with E-state index in [0.29, 0.717) is 40.5 Å². The number of benzene rings is 2. The number of methoxy groups -OCH3 is 3. The first-order chi connectivity index (χ1) is 14.5. The fourth-order valence-electron chi connectivity index (χ4n) is 3.61. The third-order valence-corrected chi connectivity index (χ3v) is 4.99. The van der Waals surface area contributed by atoms with E-state index in [1.165, 1.54) is 21.3 Å². The Balaban J connectivity index is 2.16. The number of amides is 1. The second-order valence-corrected chi connectivity index (χ2v) is 6.81. The minimum Gasteiger partial charge on any atom is -0.496 e. The quantitative estimate of drug-likeness (QED) is 0.499. The topological polar surface area (TPSA) is 119 Å². The third kappa shape index (κ3) is 4.32. The molecule has 0 spiro atoms. The summed E-state index contributed by atoms with van der Waals surface area (Å²) in [5, 5.41) is 5.59. The van der Waals surface area contributed by atoms with Gasteiger partial charge in [-0.3, -0.25) is 14.7 Å². The summed E-state index contributed by atoms with van der Waals surface area (Å²) in [7, 11) is 4.55. The molecule has 4 N–H and O–H groups in total. The largest absolute Gasteiger partial charge is 0.496 e. The minimum atomic E-state index is -0.633. The monoisotopic (exact) mass is 411 g/mol. The van der Waals surface area contributed by atoms with Crippen LogP contribution in [0.1, 0.15) is 34.7 Å². The lowest BCUT2D eigenvalue weighted by atomic mass is 9.86. The number of primary amides is 1. The van der Waals surface area contributed by atoms with Crippen LogP contribution >= 0.6 is 0 Å². The number of rotatable bonds is 9. The molecule has 0 saturated heterocycles. The van der Waals surface area contributed by atoms with Crippen LogP contribution in [0.5, 0.6) is 17.2 Å². The molecule has 1 heterocycles. The molecule has 1 aromatic heterocycles. The van der Waals surface area contributed by atoms with Crippen molar-refractivity contribution in [3.63, 3.8) is 0 Å². The molecule has 0 bridgehead atoms. The summed E-state index contributed by atoms with van der Waals surface area (Å²) in [4.78, 5) is 24.7. The molecule has 3 aromatic rings. The Morgan fingerprint density at radius 3 is 2.20 bits per heavy atom. The van der Waals surface area contributed by atoms with Gasteiger partial charge in [0, 0.05) is 41.6 Å². The molecule has 0 aliphatic heterocycles. The Hall–Kier alpha value is -3.68. The van der Waals surface area contributed by atoms with Crippen LogP contribution in [0, 0.1) is 0 Å². The van der Waals surface area contributed by atoms with E-state index in [4.69, 9.17) is 19.9 Å². The van der Waals surface area contributed by atoms with Gasteiger partial charge in [0.1, 0.15) is 5.75 Å². The Kier molecular flexibility index (Phi) is 6.46. The van der Waals surface area contributed by atoms with Crippen molar-refractivity contribution in [1.82, 2.24) is 10.2 Å². The van der Waals surface area contributed by atoms with Crippen molar-refractivity contribution >= 4 is 5.91 Å². The van der Waals surface area contributed by atoms with Crippen molar-refractivity contribution in [3.05, 3.63) is 75.2 Å². The standard InChI is InChI=1S/C22H25N3O5/c1-28-17-12-19(30-3)18(29-2)10-14(17)15(11-20(23)26)21-16(24-25-22(21)27)9-13-7-5-4-6-8-13/h4-8,10,12,15H,9,11H2,1-3H3,(H2,23,26)(H2,24,25,27)/t15-/m1/s1. The van der Waals surface area contributed by atoms with Gasteiger partial charge in [-0.1, -0.05) is 30.3 Å². The number of aromatic amines is 2. The first-order valence-electron chi connectivity index (χ1n) is 9.40. The third-order valence-electron chi connectivity index (χ3n) is 4.99. The van der Waals surface area contributed by atoms with E-state index in [-0.39, 0.29) is 12.0 Å². The second-order valence-electron chi connectivity index (χ2n) is 6.81. The van der Waals surface area contributed by atoms with Gasteiger partial charge in [0.2, 0.25) is 5.91 Å². The molecule has 1 atom stereocenters. The molecule has 0 aliphatic rings. The fraction of sp³-hybridized carbons (Fsp3) is 0.273. The highest BCUT2D eigenvalue weighted by atomic mass is 16.5. The van der Waals surface area contributed by atoms with Crippen molar-refractivity contribution in [2.45, 2.75) is 18.8 Å². The molecule has 8 nitrogen and oxygen atoms in total. The Bertz CT molecular complexity index is 1070. The molecule has 2 aromatic carbocycles. The van der Waals surface area contributed by atoms with Crippen LogP contribution < -0.4 is 25.5 Å². The first kappa shape index (κ1) is 21.0. The molecule has 0 saturated carbocycles. The molecule has 3 rings (SSSR count). The number of nitrogens with two attached hydrogens (primary N) is 1. The number of carbonyl (C=O) groups is 1. The predicted octanol–water partition coefficient (Wildman–Crippen LogP) is 2.33. The number of H-pyrrole nitrogens is 2. The van der Waals surface area contributed by atoms with Gasteiger partial charge in [-0.15, -0.1) is 0 Å². The molecular formula is C22H25N3O5. The highest BCUT2D eigenvalue weighted by molar-refractivity contribution is 5.76. The van der Waals surface area contributed by atoms with Gasteiger partial charge in [0.05, 0.1) is 21.3 Å². The lowest BCUT2D eigenvalue weighted by molar-refractivity contribution is -0.118. The van der Waals surface area contributed by atoms with Crippen LogP contribution in [-0.4, -0.2) is 37.4 Å². The second kappa shape index (κ2) is 9.21. The zero-order valence-electron chi connectivity index (χ0n) is 17.2. The summed E-state index contributed by atoms with van der Waals surface area (Å²) in [5.74, 6) is 0.224. The number of aromatic nitrogens is 2. The summed E-state index contributed by atoms with van der Waals surface area (Å²) < 4.78 is 16.3. The lowest BCUT2D eigenvalue weighted by Gasteiger charge is -2.21. The van der Waals surface area contributed by atoms with E-state index in [1.807, 2.05) is 30.3 Å². The minimum absolute atomic E-state index is 0.0748. The van der Waals surface area contributed by atoms with Crippen molar-refractivity contribution in [2.75, 3.05) is 21.3 Å². The van der Waals surface area contributed by atoms with Crippen LogP contribution in [0.4, 0.5) is 0 Å². The maximum atomic E-state index is 12.8. The van der Waals surface area contributed by atoms with E-state index >= 15 is 0 Å². The summed E-state index contributed by atoms with van der Waals surface area (Å²) in [6.07, 6.45) is 0.411. The van der Waals surface area contributed by atoms with Crippen LogP contribution in [0.2, 0.25) is 0 Å². The molecular weight excluding hydrogens is 386 g/mol. The fourth-order valence-corrected chi connectivity index (χ4v) is 3.61. The normalized spacial score (nSPS) is 11.7. The SMILES string of the molecule is COc1cc(OC)c([C@@H](CC(N)=O)c2c(Cc3ccccc3)[nH][nH]c2=O)cc1OC. The van der Waals surface area contributed by atoms with Gasteiger partial charge in [-0.25, -0.2) is 0 Å². The summed E-state index contributed by atoms with van der Waals surface area (Å²) in [6.45, 7) is 0. The highest BCUT2D eigenvalue weighted by Gasteiger charge is 2.28. The average Bonchev–Trinajstić information content (AvgIpc) is 3.11. The number of hydrogen-bond acceptors (Lipinski definition) is 5. The first-order valence-corrected chi connectivity index (χ1v) is 9.40. The maximum absolute atomic E-state index is 12.8. The van der Waals surface area contributed by atoms with E-state index in [0.717, 1.165) is 5.56 Å². The molecule has 0 fully saturated rings. The zero-order valence-corrected chi connectivity index (χ0v) is 17.2. The molecule has 30 heavy (non-hydrogen) atoms. The number of hydrogen-bond donors (Lipinski definition) is 3. The van der Waals surface area contributed by atoms with E-state index in [2.05, 4.69) is 10.2 Å². The van der Waals surface area contributed by atoms with Crippen molar-refractivity contribution in [2.24, 2.45) is 5.73 Å². The van der Waals surface area contributed by atoms with Gasteiger partial charge in [-0.05, 0) is 11.6 Å². The number of ether oxygens (including phenoxy) is 3. The summed E-state index contributed by atoms with van der Waals surface area (Å²) >= 11 is 0. The van der Waals surface area contributed by atoms with Crippen molar-refractivity contribution < 1.29 is 19.0 Å². The summed E-state index contributed by atoms with van der Waals surface area (Å²) in [5.41, 5.74) is 7.97. The van der Waals surface area contributed by atoms with Gasteiger partial charge in [-0.2, -0.15) is 0 Å². The molecule has 8 heteroatoms. The van der Waals surface area contributed by atoms with Crippen LogP contribution in [-0.2, 0) is 11.2 Å². The van der Waals surface area contributed by atoms with E-state index in [9.17, 15) is 9.59 Å². The predicted molar refractivity (Wildman–Crippen MR) is 112 cm³/mol. The molecule has 0 radical (unpaired) electrons. The molecule has 0 aliphatic carbocycles.